The molecule has 6 heteroatoms. The van der Waals surface area contributed by atoms with E-state index in [2.05, 4.69) is 26.8 Å². The van der Waals surface area contributed by atoms with Gasteiger partial charge in [0.05, 0.1) is 17.6 Å². The summed E-state index contributed by atoms with van der Waals surface area (Å²) in [5.41, 5.74) is 4.21. The average Bonchev–Trinajstić information content (AvgIpc) is 3.14. The molecule has 4 rings (SSSR count). The van der Waals surface area contributed by atoms with E-state index >= 15 is 0 Å². The normalized spacial score (nSPS) is 12.3. The second-order valence-corrected chi connectivity index (χ2v) is 8.48. The monoisotopic (exact) mass is 448 g/mol. The summed E-state index contributed by atoms with van der Waals surface area (Å²) in [5, 5.41) is 10.6. The van der Waals surface area contributed by atoms with Crippen molar-refractivity contribution in [2.75, 3.05) is 6.61 Å². The fourth-order valence-corrected chi connectivity index (χ4v) is 3.98. The van der Waals surface area contributed by atoms with E-state index in [1.807, 2.05) is 41.0 Å². The van der Waals surface area contributed by atoms with Gasteiger partial charge >= 0.3 is 0 Å². The van der Waals surface area contributed by atoms with Gasteiger partial charge in [-0.25, -0.2) is 9.37 Å². The van der Waals surface area contributed by atoms with Crippen LogP contribution in [0.15, 0.2) is 66.7 Å². The third-order valence-corrected chi connectivity index (χ3v) is 5.63. The average molecular weight is 449 g/mol. The number of aliphatic hydroxyl groups is 1. The molecule has 0 aliphatic rings. The quantitative estimate of drug-likeness (QED) is 0.361. The number of ether oxygens (including phenoxy) is 2. The van der Waals surface area contributed by atoms with E-state index in [0.29, 0.717) is 11.7 Å². The molecule has 0 spiro atoms. The molecule has 33 heavy (non-hydrogen) atoms. The first-order chi connectivity index (χ1) is 15.9. The Labute approximate surface area is 193 Å². The lowest BCUT2D eigenvalue weighted by Gasteiger charge is -2.16. The van der Waals surface area contributed by atoms with Gasteiger partial charge in [0.1, 0.15) is 30.9 Å². The molecule has 1 heterocycles. The van der Waals surface area contributed by atoms with Gasteiger partial charge in [-0.1, -0.05) is 44.2 Å². The first-order valence-corrected chi connectivity index (χ1v) is 11.1. The van der Waals surface area contributed by atoms with Crippen LogP contribution in [0.5, 0.6) is 11.5 Å². The predicted octanol–water partition coefficient (Wildman–Crippen LogP) is 5.63. The number of halogens is 1. The van der Waals surface area contributed by atoms with Crippen LogP contribution in [0, 0.1) is 12.7 Å². The number of hydrogen-bond acceptors (Lipinski definition) is 4. The molecule has 0 aliphatic heterocycles. The van der Waals surface area contributed by atoms with Crippen molar-refractivity contribution in [3.63, 3.8) is 0 Å². The van der Waals surface area contributed by atoms with Crippen molar-refractivity contribution in [1.82, 2.24) is 9.55 Å². The minimum absolute atomic E-state index is 0.0381. The van der Waals surface area contributed by atoms with Gasteiger partial charge < -0.3 is 19.1 Å². The third-order valence-electron chi connectivity index (χ3n) is 5.63. The second-order valence-electron chi connectivity index (χ2n) is 8.48. The maximum Gasteiger partial charge on any atom is 0.165 e. The molecule has 1 N–H and O–H groups in total. The van der Waals surface area contributed by atoms with Crippen molar-refractivity contribution in [2.24, 2.45) is 0 Å². The topological polar surface area (TPSA) is 56.5 Å². The zero-order valence-corrected chi connectivity index (χ0v) is 19.2. The summed E-state index contributed by atoms with van der Waals surface area (Å²) in [4.78, 5) is 4.71. The van der Waals surface area contributed by atoms with Crippen LogP contribution in [0.1, 0.15) is 36.7 Å². The van der Waals surface area contributed by atoms with Crippen LogP contribution in [0.25, 0.3) is 11.0 Å². The number of para-hydroxylation sites is 3. The van der Waals surface area contributed by atoms with Crippen LogP contribution < -0.4 is 9.47 Å². The fraction of sp³-hybridized carbons (Fsp3) is 0.296. The minimum Gasteiger partial charge on any atom is -0.488 e. The Morgan fingerprint density at radius 3 is 2.52 bits per heavy atom. The summed E-state index contributed by atoms with van der Waals surface area (Å²) >= 11 is 0. The van der Waals surface area contributed by atoms with Gasteiger partial charge in [-0.3, -0.25) is 0 Å². The Morgan fingerprint density at radius 1 is 1.00 bits per heavy atom. The minimum atomic E-state index is -0.853. The summed E-state index contributed by atoms with van der Waals surface area (Å²) < 4.78 is 27.3. The summed E-state index contributed by atoms with van der Waals surface area (Å²) in [6.45, 7) is 6.90. The number of aryl methyl sites for hydroxylation is 1. The summed E-state index contributed by atoms with van der Waals surface area (Å²) in [5.74, 6) is 1.60. The molecule has 0 radical (unpaired) electrons. The van der Waals surface area contributed by atoms with Crippen LogP contribution in [0.4, 0.5) is 4.39 Å². The van der Waals surface area contributed by atoms with Gasteiger partial charge in [0.15, 0.2) is 11.6 Å². The van der Waals surface area contributed by atoms with Gasteiger partial charge in [0.2, 0.25) is 0 Å². The molecule has 3 aromatic carbocycles. The lowest BCUT2D eigenvalue weighted by Crippen LogP contribution is -2.25. The van der Waals surface area contributed by atoms with E-state index in [1.165, 1.54) is 17.2 Å². The second kappa shape index (κ2) is 10.0. The van der Waals surface area contributed by atoms with Gasteiger partial charge in [0, 0.05) is 0 Å². The number of fused-ring (bicyclic) bond motifs is 1. The molecule has 172 valence electrons. The Balaban J connectivity index is 1.49. The Hall–Kier alpha value is -3.38. The molecule has 0 aliphatic carbocycles. The Morgan fingerprint density at radius 2 is 1.76 bits per heavy atom. The van der Waals surface area contributed by atoms with Crippen LogP contribution in [0.3, 0.4) is 0 Å². The van der Waals surface area contributed by atoms with Gasteiger partial charge in [-0.15, -0.1) is 0 Å². The summed E-state index contributed by atoms with van der Waals surface area (Å²) in [6.07, 6.45) is -0.853. The van der Waals surface area contributed by atoms with E-state index in [4.69, 9.17) is 14.5 Å². The standard InChI is InChI=1S/C27H29FN2O3/c1-18(2)22-13-12-21(14-19(22)3)32-17-27-29-24-9-5-6-10-25(24)30(27)15-20(31)16-33-26-11-7-4-8-23(26)28/h4-14,18,20,31H,15-17H2,1-3H3. The van der Waals surface area contributed by atoms with Crippen molar-refractivity contribution >= 4 is 11.0 Å². The largest absolute Gasteiger partial charge is 0.488 e. The first-order valence-electron chi connectivity index (χ1n) is 11.1. The first kappa shape index (κ1) is 22.8. The van der Waals surface area contributed by atoms with Crippen molar-refractivity contribution in [3.8, 4) is 11.5 Å². The highest BCUT2D eigenvalue weighted by Gasteiger charge is 2.16. The van der Waals surface area contributed by atoms with Gasteiger partial charge in [0.25, 0.3) is 0 Å². The van der Waals surface area contributed by atoms with Gasteiger partial charge in [-0.05, 0) is 60.4 Å². The molecule has 0 amide bonds. The SMILES string of the molecule is Cc1cc(OCc2nc3ccccc3n2CC(O)COc2ccccc2F)ccc1C(C)C. The smallest absolute Gasteiger partial charge is 0.165 e. The van der Waals surface area contributed by atoms with E-state index in [-0.39, 0.29) is 25.5 Å². The van der Waals surface area contributed by atoms with E-state index in [9.17, 15) is 9.50 Å². The van der Waals surface area contributed by atoms with E-state index in [1.54, 1.807) is 18.2 Å². The molecule has 0 bridgehead atoms. The zero-order valence-electron chi connectivity index (χ0n) is 19.2. The highest BCUT2D eigenvalue weighted by molar-refractivity contribution is 5.75. The van der Waals surface area contributed by atoms with Crippen LogP contribution in [-0.2, 0) is 13.2 Å². The number of imidazole rings is 1. The summed E-state index contributed by atoms with van der Waals surface area (Å²) in [6, 6.07) is 20.0. The molecule has 0 fully saturated rings. The third kappa shape index (κ3) is 5.34. The number of aromatic nitrogens is 2. The molecular weight excluding hydrogens is 419 g/mol. The highest BCUT2D eigenvalue weighted by atomic mass is 19.1. The Kier molecular flexibility index (Phi) is 6.94. The van der Waals surface area contributed by atoms with E-state index in [0.717, 1.165) is 16.8 Å². The highest BCUT2D eigenvalue weighted by Crippen LogP contribution is 2.25. The molecule has 0 saturated heterocycles. The van der Waals surface area contributed by atoms with Crippen molar-refractivity contribution in [1.29, 1.82) is 0 Å². The van der Waals surface area contributed by atoms with Crippen LogP contribution in [-0.4, -0.2) is 27.4 Å². The van der Waals surface area contributed by atoms with Gasteiger partial charge in [-0.2, -0.15) is 0 Å². The number of benzene rings is 3. The van der Waals surface area contributed by atoms with E-state index < -0.39 is 11.9 Å². The van der Waals surface area contributed by atoms with Crippen LogP contribution >= 0.6 is 0 Å². The molecule has 4 aromatic rings. The number of hydrogen-bond donors (Lipinski definition) is 1. The van der Waals surface area contributed by atoms with Crippen molar-refractivity contribution in [3.05, 3.63) is 89.5 Å². The lowest BCUT2D eigenvalue weighted by molar-refractivity contribution is 0.0898. The number of rotatable bonds is 9. The van der Waals surface area contributed by atoms with Crippen molar-refractivity contribution < 1.29 is 19.0 Å². The zero-order chi connectivity index (χ0) is 23.4. The van der Waals surface area contributed by atoms with Crippen molar-refractivity contribution in [2.45, 2.75) is 45.9 Å². The maximum atomic E-state index is 13.8. The molecule has 5 nitrogen and oxygen atoms in total. The number of aliphatic hydroxyl groups excluding tert-OH is 1. The molecule has 0 saturated carbocycles. The predicted molar refractivity (Wildman–Crippen MR) is 127 cm³/mol. The molecule has 1 unspecified atom stereocenters. The molecule has 1 atom stereocenters. The Bertz CT molecular complexity index is 1240. The summed E-state index contributed by atoms with van der Waals surface area (Å²) in [7, 11) is 0. The van der Waals surface area contributed by atoms with Crippen LogP contribution in [0.2, 0.25) is 0 Å². The molecule has 1 aromatic heterocycles. The lowest BCUT2D eigenvalue weighted by atomic mass is 9.98. The maximum absolute atomic E-state index is 13.8. The fourth-order valence-electron chi connectivity index (χ4n) is 3.98. The molecular formula is C27H29FN2O3. The number of nitrogens with zero attached hydrogens (tertiary/aromatic N) is 2.